The zero-order valence-electron chi connectivity index (χ0n) is 20.3. The van der Waals surface area contributed by atoms with Crippen LogP contribution in [0.1, 0.15) is 62.9 Å². The highest BCUT2D eigenvalue weighted by Crippen LogP contribution is 2.29. The van der Waals surface area contributed by atoms with Crippen LogP contribution in [0.3, 0.4) is 0 Å². The Morgan fingerprint density at radius 3 is 2.44 bits per heavy atom. The average Bonchev–Trinajstić information content (AvgIpc) is 3.47. The molecule has 1 N–H and O–H groups in total. The van der Waals surface area contributed by atoms with E-state index in [9.17, 15) is 4.79 Å². The van der Waals surface area contributed by atoms with E-state index in [0.717, 1.165) is 73.0 Å². The van der Waals surface area contributed by atoms with Gasteiger partial charge in [-0.2, -0.15) is 0 Å². The second-order valence-electron chi connectivity index (χ2n) is 8.73. The Bertz CT molecular complexity index is 1250. The standard InChI is InChI=1S/C26H33N7O/c1-4-6-8-16-32-19(3)24(9-7-5-2)33(26(32)34)18-20-10-12-21(13-11-20)22-14-15-27-17-23(22)25-28-30-31-29-25/h10-15,17H,4-9,16,18H2,1-3H3,(H,28,29,30,31). The van der Waals surface area contributed by atoms with Gasteiger partial charge in [0.2, 0.25) is 0 Å². The highest BCUT2D eigenvalue weighted by molar-refractivity contribution is 5.79. The quantitative estimate of drug-likeness (QED) is 0.326. The van der Waals surface area contributed by atoms with E-state index in [1.165, 1.54) is 5.69 Å². The van der Waals surface area contributed by atoms with Crippen molar-refractivity contribution in [3.05, 3.63) is 70.2 Å². The van der Waals surface area contributed by atoms with Crippen LogP contribution in [0.25, 0.3) is 22.5 Å². The minimum atomic E-state index is 0.109. The molecule has 4 aromatic rings. The Morgan fingerprint density at radius 2 is 1.74 bits per heavy atom. The number of nitrogens with one attached hydrogen (secondary N) is 1. The maximum absolute atomic E-state index is 13.3. The van der Waals surface area contributed by atoms with Crippen LogP contribution in [-0.2, 0) is 19.5 Å². The van der Waals surface area contributed by atoms with Crippen LogP contribution in [0.2, 0.25) is 0 Å². The fraction of sp³-hybridized carbons (Fsp3) is 0.423. The van der Waals surface area contributed by atoms with Crippen molar-refractivity contribution < 1.29 is 0 Å². The van der Waals surface area contributed by atoms with E-state index in [1.54, 1.807) is 12.4 Å². The number of pyridine rings is 1. The van der Waals surface area contributed by atoms with E-state index in [0.29, 0.717) is 12.4 Å². The first-order chi connectivity index (χ1) is 16.6. The zero-order valence-corrected chi connectivity index (χ0v) is 20.3. The maximum Gasteiger partial charge on any atom is 0.328 e. The molecule has 0 bridgehead atoms. The molecule has 0 amide bonds. The van der Waals surface area contributed by atoms with Gasteiger partial charge in [0.1, 0.15) is 0 Å². The minimum absolute atomic E-state index is 0.109. The van der Waals surface area contributed by atoms with Gasteiger partial charge in [-0.25, -0.2) is 9.89 Å². The van der Waals surface area contributed by atoms with Crippen molar-refractivity contribution in [3.8, 4) is 22.5 Å². The third-order valence-corrected chi connectivity index (χ3v) is 6.39. The summed E-state index contributed by atoms with van der Waals surface area (Å²) in [6.45, 7) is 7.85. The van der Waals surface area contributed by atoms with Crippen LogP contribution < -0.4 is 5.69 Å². The van der Waals surface area contributed by atoms with Crippen LogP contribution in [0.4, 0.5) is 0 Å². The molecular weight excluding hydrogens is 426 g/mol. The smallest absolute Gasteiger partial charge is 0.296 e. The molecule has 0 atom stereocenters. The van der Waals surface area contributed by atoms with Crippen LogP contribution >= 0.6 is 0 Å². The number of imidazole rings is 1. The largest absolute Gasteiger partial charge is 0.328 e. The number of aromatic amines is 1. The van der Waals surface area contributed by atoms with Crippen molar-refractivity contribution >= 4 is 0 Å². The van der Waals surface area contributed by atoms with Gasteiger partial charge in [0.25, 0.3) is 0 Å². The topological polar surface area (TPSA) is 94.3 Å². The van der Waals surface area contributed by atoms with Crippen LogP contribution in [0, 0.1) is 6.92 Å². The first-order valence-electron chi connectivity index (χ1n) is 12.2. The summed E-state index contributed by atoms with van der Waals surface area (Å²) in [5.41, 5.74) is 6.39. The molecule has 0 saturated heterocycles. The molecule has 0 radical (unpaired) electrons. The fourth-order valence-electron chi connectivity index (χ4n) is 4.44. The predicted molar refractivity (Wildman–Crippen MR) is 134 cm³/mol. The summed E-state index contributed by atoms with van der Waals surface area (Å²) >= 11 is 0. The summed E-state index contributed by atoms with van der Waals surface area (Å²) in [6.07, 6.45) is 9.98. The third-order valence-electron chi connectivity index (χ3n) is 6.39. The number of H-pyrrole nitrogens is 1. The van der Waals surface area contributed by atoms with Crippen LogP contribution in [0.15, 0.2) is 47.5 Å². The lowest BCUT2D eigenvalue weighted by atomic mass is 10.00. The van der Waals surface area contributed by atoms with E-state index in [2.05, 4.69) is 70.6 Å². The molecule has 3 heterocycles. The number of nitrogens with zero attached hydrogens (tertiary/aromatic N) is 6. The summed E-state index contributed by atoms with van der Waals surface area (Å²) in [5.74, 6) is 0.583. The molecule has 0 aliphatic rings. The summed E-state index contributed by atoms with van der Waals surface area (Å²) in [4.78, 5) is 17.6. The Labute approximate surface area is 200 Å². The van der Waals surface area contributed by atoms with Crippen molar-refractivity contribution in [1.29, 1.82) is 0 Å². The number of tetrazole rings is 1. The number of unbranched alkanes of at least 4 members (excludes halogenated alkanes) is 3. The highest BCUT2D eigenvalue weighted by Gasteiger charge is 2.17. The number of hydrogen-bond donors (Lipinski definition) is 1. The molecular formula is C26H33N7O. The number of rotatable bonds is 11. The van der Waals surface area contributed by atoms with Crippen molar-refractivity contribution in [2.45, 2.75) is 72.4 Å². The normalized spacial score (nSPS) is 11.3. The zero-order chi connectivity index (χ0) is 23.9. The van der Waals surface area contributed by atoms with Crippen molar-refractivity contribution in [2.75, 3.05) is 0 Å². The molecule has 0 aliphatic heterocycles. The van der Waals surface area contributed by atoms with Gasteiger partial charge in [-0.3, -0.25) is 14.1 Å². The first kappa shape index (κ1) is 23.6. The minimum Gasteiger partial charge on any atom is -0.296 e. The Balaban J connectivity index is 1.62. The molecule has 0 aliphatic carbocycles. The van der Waals surface area contributed by atoms with Crippen LogP contribution in [0.5, 0.6) is 0 Å². The SMILES string of the molecule is CCCCCn1c(C)c(CCCC)n(Cc2ccc(-c3ccncc3-c3nnn[nH]3)cc2)c1=O. The lowest BCUT2D eigenvalue weighted by Gasteiger charge is -2.10. The molecule has 0 fully saturated rings. The van der Waals surface area contributed by atoms with Gasteiger partial charge >= 0.3 is 5.69 Å². The lowest BCUT2D eigenvalue weighted by molar-refractivity contribution is 0.566. The second kappa shape index (κ2) is 11.0. The summed E-state index contributed by atoms with van der Waals surface area (Å²) in [7, 11) is 0. The monoisotopic (exact) mass is 459 g/mol. The Hall–Kier alpha value is -3.55. The van der Waals surface area contributed by atoms with Gasteiger partial charge in [-0.05, 0) is 59.4 Å². The van der Waals surface area contributed by atoms with Crippen molar-refractivity contribution in [2.24, 2.45) is 0 Å². The van der Waals surface area contributed by atoms with E-state index < -0.39 is 0 Å². The van der Waals surface area contributed by atoms with Crippen LogP contribution in [-0.4, -0.2) is 34.7 Å². The van der Waals surface area contributed by atoms with Gasteiger partial charge in [-0.15, -0.1) is 5.10 Å². The van der Waals surface area contributed by atoms with Gasteiger partial charge < -0.3 is 0 Å². The van der Waals surface area contributed by atoms with Crippen molar-refractivity contribution in [3.63, 3.8) is 0 Å². The molecule has 8 nitrogen and oxygen atoms in total. The Kier molecular flexibility index (Phi) is 7.67. The van der Waals surface area contributed by atoms with Gasteiger partial charge in [-0.1, -0.05) is 57.4 Å². The van der Waals surface area contributed by atoms with E-state index in [1.807, 2.05) is 15.2 Å². The molecule has 34 heavy (non-hydrogen) atoms. The highest BCUT2D eigenvalue weighted by atomic mass is 16.1. The molecule has 8 heteroatoms. The van der Waals surface area contributed by atoms with E-state index >= 15 is 0 Å². The van der Waals surface area contributed by atoms with Gasteiger partial charge in [0, 0.05) is 35.9 Å². The third kappa shape index (κ3) is 5.00. The molecule has 0 unspecified atom stereocenters. The number of hydrogen-bond acceptors (Lipinski definition) is 5. The molecule has 0 spiro atoms. The summed E-state index contributed by atoms with van der Waals surface area (Å²) in [5, 5.41) is 14.2. The molecule has 3 aromatic heterocycles. The predicted octanol–water partition coefficient (Wildman–Crippen LogP) is 4.78. The van der Waals surface area contributed by atoms with Crippen molar-refractivity contribution in [1.82, 2.24) is 34.7 Å². The van der Waals surface area contributed by atoms with E-state index in [4.69, 9.17) is 0 Å². The Morgan fingerprint density at radius 1 is 0.941 bits per heavy atom. The number of benzene rings is 1. The molecule has 0 saturated carbocycles. The molecule has 4 rings (SSSR count). The summed E-state index contributed by atoms with van der Waals surface area (Å²) < 4.78 is 3.95. The molecule has 1 aromatic carbocycles. The number of aromatic nitrogens is 7. The summed E-state index contributed by atoms with van der Waals surface area (Å²) in [6, 6.07) is 10.3. The second-order valence-corrected chi connectivity index (χ2v) is 8.73. The maximum atomic E-state index is 13.3. The van der Waals surface area contributed by atoms with Gasteiger partial charge in [0.05, 0.1) is 6.54 Å². The molecule has 178 valence electrons. The average molecular weight is 460 g/mol. The van der Waals surface area contributed by atoms with E-state index in [-0.39, 0.29) is 5.69 Å². The fourth-order valence-corrected chi connectivity index (χ4v) is 4.44. The van der Waals surface area contributed by atoms with Gasteiger partial charge in [0.15, 0.2) is 5.82 Å². The lowest BCUT2D eigenvalue weighted by Crippen LogP contribution is -2.26. The first-order valence-corrected chi connectivity index (χ1v) is 12.2.